The second-order valence-corrected chi connectivity index (χ2v) is 12.1. The van der Waals surface area contributed by atoms with Crippen LogP contribution >= 0.6 is 11.3 Å². The summed E-state index contributed by atoms with van der Waals surface area (Å²) < 4.78 is 31.1. The van der Waals surface area contributed by atoms with Crippen LogP contribution in [0.2, 0.25) is 0 Å². The SMILES string of the molecule is CCCCCCOc1ccc(NC2CN(C)C(=O)N2c2nnc(S(=O)(=O)CCCCCC)s2)cc1. The summed E-state index contributed by atoms with van der Waals surface area (Å²) in [4.78, 5) is 15.9. The predicted molar refractivity (Wildman–Crippen MR) is 140 cm³/mol. The van der Waals surface area contributed by atoms with Crippen LogP contribution in [0.4, 0.5) is 15.6 Å². The zero-order chi connectivity index (χ0) is 25.3. The summed E-state index contributed by atoms with van der Waals surface area (Å²) in [5.74, 6) is 0.853. The van der Waals surface area contributed by atoms with Gasteiger partial charge in [0.25, 0.3) is 0 Å². The Labute approximate surface area is 212 Å². The summed E-state index contributed by atoms with van der Waals surface area (Å²) in [7, 11) is -1.81. The van der Waals surface area contributed by atoms with Crippen molar-refractivity contribution in [1.82, 2.24) is 15.1 Å². The number of unbranched alkanes of at least 4 members (excludes halogenated alkanes) is 6. The van der Waals surface area contributed by atoms with Gasteiger partial charge in [0.2, 0.25) is 19.3 Å². The van der Waals surface area contributed by atoms with Gasteiger partial charge in [-0.1, -0.05) is 63.7 Å². The molecule has 1 aromatic carbocycles. The number of amides is 2. The van der Waals surface area contributed by atoms with E-state index in [2.05, 4.69) is 29.4 Å². The monoisotopic (exact) mass is 523 g/mol. The Morgan fingerprint density at radius 3 is 2.40 bits per heavy atom. The van der Waals surface area contributed by atoms with Crippen molar-refractivity contribution in [2.75, 3.05) is 36.2 Å². The number of carbonyl (C=O) groups excluding carboxylic acids is 1. The largest absolute Gasteiger partial charge is 0.494 e. The number of ether oxygens (including phenoxy) is 1. The molecule has 1 aromatic heterocycles. The van der Waals surface area contributed by atoms with Crippen LogP contribution in [0, 0.1) is 0 Å². The second-order valence-electron chi connectivity index (χ2n) is 8.86. The lowest BCUT2D eigenvalue weighted by Gasteiger charge is -2.22. The topological polar surface area (TPSA) is 105 Å². The molecule has 2 amide bonds. The van der Waals surface area contributed by atoms with Crippen LogP contribution in [-0.2, 0) is 9.84 Å². The molecular weight excluding hydrogens is 486 g/mol. The molecule has 0 aliphatic carbocycles. The highest BCUT2D eigenvalue weighted by Gasteiger charge is 2.39. The van der Waals surface area contributed by atoms with E-state index in [0.717, 1.165) is 48.5 Å². The predicted octanol–water partition coefficient (Wildman–Crippen LogP) is 5.16. The first kappa shape index (κ1) is 27.2. The van der Waals surface area contributed by atoms with Gasteiger partial charge in [-0.2, -0.15) is 0 Å². The van der Waals surface area contributed by atoms with E-state index in [1.165, 1.54) is 24.2 Å². The Bertz CT molecular complexity index is 1040. The van der Waals surface area contributed by atoms with Crippen LogP contribution < -0.4 is 15.0 Å². The number of nitrogens with zero attached hydrogens (tertiary/aromatic N) is 4. The normalized spacial score (nSPS) is 16.2. The van der Waals surface area contributed by atoms with Crippen molar-refractivity contribution in [1.29, 1.82) is 0 Å². The zero-order valence-corrected chi connectivity index (χ0v) is 22.5. The quantitative estimate of drug-likeness (QED) is 0.254. The fraction of sp³-hybridized carbons (Fsp3) is 0.625. The van der Waals surface area contributed by atoms with Crippen molar-refractivity contribution in [3.8, 4) is 5.75 Å². The minimum absolute atomic E-state index is 0.0365. The molecule has 0 radical (unpaired) electrons. The second kappa shape index (κ2) is 13.1. The lowest BCUT2D eigenvalue weighted by molar-refractivity contribution is 0.229. The van der Waals surface area contributed by atoms with E-state index in [1.807, 2.05) is 24.3 Å². The summed E-state index contributed by atoms with van der Waals surface area (Å²) in [6.45, 7) is 5.39. The zero-order valence-electron chi connectivity index (χ0n) is 20.9. The number of benzene rings is 1. The molecule has 3 rings (SSSR count). The summed E-state index contributed by atoms with van der Waals surface area (Å²) in [5, 5.41) is 11.6. The molecule has 1 aliphatic heterocycles. The van der Waals surface area contributed by atoms with E-state index in [9.17, 15) is 13.2 Å². The van der Waals surface area contributed by atoms with Gasteiger partial charge in [0.15, 0.2) is 0 Å². The van der Waals surface area contributed by atoms with Crippen molar-refractivity contribution >= 4 is 38.0 Å². The summed E-state index contributed by atoms with van der Waals surface area (Å²) in [6.07, 6.45) is 7.73. The average Bonchev–Trinajstić information content (AvgIpc) is 3.43. The molecule has 1 unspecified atom stereocenters. The van der Waals surface area contributed by atoms with E-state index in [-0.39, 0.29) is 21.3 Å². The molecule has 1 fully saturated rings. The lowest BCUT2D eigenvalue weighted by Crippen LogP contribution is -2.39. The molecule has 1 N–H and O–H groups in total. The van der Waals surface area contributed by atoms with E-state index >= 15 is 0 Å². The van der Waals surface area contributed by atoms with Crippen molar-refractivity contribution in [2.45, 2.75) is 75.7 Å². The van der Waals surface area contributed by atoms with Crippen LogP contribution in [0.3, 0.4) is 0 Å². The molecule has 0 spiro atoms. The number of nitrogens with one attached hydrogen (secondary N) is 1. The van der Waals surface area contributed by atoms with Gasteiger partial charge in [0, 0.05) is 12.7 Å². The fourth-order valence-electron chi connectivity index (χ4n) is 3.85. The molecule has 9 nitrogen and oxygen atoms in total. The molecule has 2 aromatic rings. The Morgan fingerprint density at radius 2 is 1.71 bits per heavy atom. The average molecular weight is 524 g/mol. The molecule has 2 heterocycles. The number of hydrogen-bond acceptors (Lipinski definition) is 8. The molecule has 1 atom stereocenters. The number of rotatable bonds is 15. The molecule has 1 saturated heterocycles. The standard InChI is InChI=1S/C24H37N5O4S2/c1-4-6-8-10-16-33-20-14-12-19(13-15-20)25-21-18-28(3)24(30)29(21)22-26-27-23(34-22)35(31,32)17-11-9-7-5-2/h12-15,21,25H,4-11,16-18H2,1-3H3. The Kier molecular flexibility index (Phi) is 10.1. The summed E-state index contributed by atoms with van der Waals surface area (Å²) >= 11 is 0.946. The molecular formula is C24H37N5O4S2. The highest BCUT2D eigenvalue weighted by molar-refractivity contribution is 7.93. The van der Waals surface area contributed by atoms with Gasteiger partial charge >= 0.3 is 6.03 Å². The van der Waals surface area contributed by atoms with Crippen molar-refractivity contribution in [3.63, 3.8) is 0 Å². The van der Waals surface area contributed by atoms with Crippen molar-refractivity contribution < 1.29 is 17.9 Å². The highest BCUT2D eigenvalue weighted by atomic mass is 32.2. The van der Waals surface area contributed by atoms with Crippen LogP contribution in [0.1, 0.15) is 65.2 Å². The van der Waals surface area contributed by atoms with Crippen LogP contribution in [0.15, 0.2) is 28.6 Å². The maximum atomic E-state index is 12.8. The number of hydrogen-bond donors (Lipinski definition) is 1. The van der Waals surface area contributed by atoms with Crippen LogP contribution in [0.5, 0.6) is 5.75 Å². The third kappa shape index (κ3) is 7.54. The number of sulfone groups is 1. The number of carbonyl (C=O) groups is 1. The Hall–Kier alpha value is -2.40. The third-order valence-corrected chi connectivity index (χ3v) is 9.05. The third-order valence-electron chi connectivity index (χ3n) is 5.88. The molecule has 35 heavy (non-hydrogen) atoms. The lowest BCUT2D eigenvalue weighted by atomic mass is 10.2. The van der Waals surface area contributed by atoms with E-state index in [4.69, 9.17) is 4.74 Å². The first-order valence-electron chi connectivity index (χ1n) is 12.5. The number of urea groups is 1. The smallest absolute Gasteiger partial charge is 0.328 e. The first-order valence-corrected chi connectivity index (χ1v) is 14.9. The molecule has 11 heteroatoms. The van der Waals surface area contributed by atoms with Crippen molar-refractivity contribution in [3.05, 3.63) is 24.3 Å². The highest BCUT2D eigenvalue weighted by Crippen LogP contribution is 2.31. The molecule has 194 valence electrons. The Balaban J connectivity index is 1.63. The summed E-state index contributed by atoms with van der Waals surface area (Å²) in [6, 6.07) is 7.38. The van der Waals surface area contributed by atoms with Gasteiger partial charge in [-0.15, -0.1) is 10.2 Å². The molecule has 0 saturated carbocycles. The van der Waals surface area contributed by atoms with Gasteiger partial charge in [-0.25, -0.2) is 18.1 Å². The van der Waals surface area contributed by atoms with Gasteiger partial charge in [0.05, 0.1) is 18.9 Å². The molecule has 0 bridgehead atoms. The fourth-order valence-corrected chi connectivity index (χ4v) is 6.38. The molecule has 1 aliphatic rings. The number of likely N-dealkylation sites (N-methyl/N-ethyl adjacent to an activating group) is 1. The van der Waals surface area contributed by atoms with Crippen LogP contribution in [0.25, 0.3) is 0 Å². The number of anilines is 2. The van der Waals surface area contributed by atoms with Gasteiger partial charge < -0.3 is 15.0 Å². The van der Waals surface area contributed by atoms with Gasteiger partial charge in [-0.05, 0) is 37.1 Å². The van der Waals surface area contributed by atoms with E-state index in [1.54, 1.807) is 11.9 Å². The van der Waals surface area contributed by atoms with Gasteiger partial charge in [0.1, 0.15) is 11.9 Å². The van der Waals surface area contributed by atoms with E-state index in [0.29, 0.717) is 19.6 Å². The van der Waals surface area contributed by atoms with E-state index < -0.39 is 16.0 Å². The maximum absolute atomic E-state index is 12.8. The number of aromatic nitrogens is 2. The summed E-state index contributed by atoms with van der Waals surface area (Å²) in [5.41, 5.74) is 0.828. The van der Waals surface area contributed by atoms with Crippen LogP contribution in [-0.4, -0.2) is 61.7 Å². The maximum Gasteiger partial charge on any atom is 0.328 e. The minimum Gasteiger partial charge on any atom is -0.494 e. The first-order chi connectivity index (χ1) is 16.9. The Morgan fingerprint density at radius 1 is 1.03 bits per heavy atom. The van der Waals surface area contributed by atoms with Crippen molar-refractivity contribution in [2.24, 2.45) is 0 Å². The van der Waals surface area contributed by atoms with Gasteiger partial charge in [-0.3, -0.25) is 0 Å². The minimum atomic E-state index is -3.52.